The number of fused-ring (bicyclic) bond motifs is 1. The minimum Gasteiger partial charge on any atom is -0.324 e. The fraction of sp³-hybridized carbons (Fsp3) is 0.348. The summed E-state index contributed by atoms with van der Waals surface area (Å²) in [5.74, 6) is -0.826. The zero-order valence-electron chi connectivity index (χ0n) is 18.0. The number of nitrogens with zero attached hydrogens (tertiary/aromatic N) is 4. The molecule has 1 fully saturated rings. The number of amides is 3. The quantitative estimate of drug-likeness (QED) is 0.752. The molecule has 0 aliphatic carbocycles. The molecular formula is C23H25N5O3. The van der Waals surface area contributed by atoms with Crippen molar-refractivity contribution in [2.45, 2.75) is 45.7 Å². The van der Waals surface area contributed by atoms with Gasteiger partial charge in [-0.05, 0) is 60.7 Å². The van der Waals surface area contributed by atoms with E-state index >= 15 is 0 Å². The fourth-order valence-corrected chi connectivity index (χ4v) is 4.01. The van der Waals surface area contributed by atoms with E-state index in [0.717, 1.165) is 21.6 Å². The van der Waals surface area contributed by atoms with Gasteiger partial charge in [-0.25, -0.2) is 4.90 Å². The third-order valence-corrected chi connectivity index (χ3v) is 5.49. The summed E-state index contributed by atoms with van der Waals surface area (Å²) in [6.45, 7) is 7.89. The molecule has 0 bridgehead atoms. The van der Waals surface area contributed by atoms with Crippen molar-refractivity contribution in [2.24, 2.45) is 10.3 Å². The van der Waals surface area contributed by atoms with Crippen LogP contribution in [0.15, 0.2) is 52.8 Å². The maximum atomic E-state index is 13.1. The van der Waals surface area contributed by atoms with Crippen molar-refractivity contribution in [1.29, 1.82) is 0 Å². The minimum atomic E-state index is -0.925. The van der Waals surface area contributed by atoms with E-state index in [4.69, 9.17) is 0 Å². The lowest BCUT2D eigenvalue weighted by molar-refractivity contribution is -0.123. The molecule has 1 N–H and O–H groups in total. The van der Waals surface area contributed by atoms with Gasteiger partial charge in [-0.2, -0.15) is 5.11 Å². The second kappa shape index (κ2) is 7.94. The van der Waals surface area contributed by atoms with E-state index in [2.05, 4.69) is 29.5 Å². The standard InChI is InChI=1S/C23H25N5O3/c1-13(2)16-5-7-18(8-6-16)28-22(30)20-21(23(28)31)27(26-25-20)12-19(29)24-17-10-14(3)9-15(4)11-17/h5-11,13,20-21H,12H2,1-4H3,(H,24,29)/t20-,21-/m0/s1. The molecule has 0 radical (unpaired) electrons. The average molecular weight is 419 g/mol. The van der Waals surface area contributed by atoms with Gasteiger partial charge in [0.25, 0.3) is 11.8 Å². The highest BCUT2D eigenvalue weighted by Gasteiger charge is 2.55. The number of benzene rings is 2. The topological polar surface area (TPSA) is 94.4 Å². The number of carbonyl (C=O) groups excluding carboxylic acids is 3. The molecule has 4 rings (SSSR count). The molecule has 2 heterocycles. The smallest absolute Gasteiger partial charge is 0.263 e. The third kappa shape index (κ3) is 3.93. The molecule has 2 atom stereocenters. The maximum Gasteiger partial charge on any atom is 0.263 e. The second-order valence-electron chi connectivity index (χ2n) is 8.37. The van der Waals surface area contributed by atoms with Crippen LogP contribution in [0.4, 0.5) is 11.4 Å². The number of aryl methyl sites for hydroxylation is 2. The molecule has 0 spiro atoms. The van der Waals surface area contributed by atoms with E-state index in [9.17, 15) is 14.4 Å². The van der Waals surface area contributed by atoms with Crippen LogP contribution >= 0.6 is 0 Å². The van der Waals surface area contributed by atoms with Crippen LogP contribution in [0.25, 0.3) is 0 Å². The van der Waals surface area contributed by atoms with Crippen molar-refractivity contribution in [1.82, 2.24) is 5.01 Å². The highest BCUT2D eigenvalue weighted by molar-refractivity contribution is 6.25. The SMILES string of the molecule is Cc1cc(C)cc(NC(=O)CN2N=N[C@@H]3C(=O)N(c4ccc(C(C)C)cc4)C(=O)[C@H]32)c1. The second-order valence-corrected chi connectivity index (χ2v) is 8.37. The number of imide groups is 1. The summed E-state index contributed by atoms with van der Waals surface area (Å²) in [4.78, 5) is 39.6. The zero-order valence-corrected chi connectivity index (χ0v) is 18.0. The van der Waals surface area contributed by atoms with Crippen LogP contribution in [0.3, 0.4) is 0 Å². The van der Waals surface area contributed by atoms with Crippen LogP contribution in [-0.2, 0) is 14.4 Å². The van der Waals surface area contributed by atoms with Gasteiger partial charge in [0, 0.05) is 5.69 Å². The Kier molecular flexibility index (Phi) is 5.31. The lowest BCUT2D eigenvalue weighted by atomic mass is 10.0. The summed E-state index contributed by atoms with van der Waals surface area (Å²) in [6, 6.07) is 11.3. The number of hydrogen-bond donors (Lipinski definition) is 1. The molecule has 8 heteroatoms. The Morgan fingerprint density at radius 1 is 1.03 bits per heavy atom. The van der Waals surface area contributed by atoms with E-state index in [0.29, 0.717) is 17.3 Å². The monoisotopic (exact) mass is 419 g/mol. The summed E-state index contributed by atoms with van der Waals surface area (Å²) in [5, 5.41) is 12.0. The first-order valence-corrected chi connectivity index (χ1v) is 10.3. The van der Waals surface area contributed by atoms with Crippen molar-refractivity contribution in [3.8, 4) is 0 Å². The van der Waals surface area contributed by atoms with Gasteiger partial charge in [-0.15, -0.1) is 0 Å². The van der Waals surface area contributed by atoms with Crippen LogP contribution in [0.2, 0.25) is 0 Å². The molecule has 2 aliphatic heterocycles. The summed E-state index contributed by atoms with van der Waals surface area (Å²) >= 11 is 0. The van der Waals surface area contributed by atoms with E-state index in [-0.39, 0.29) is 12.5 Å². The lowest BCUT2D eigenvalue weighted by Crippen LogP contribution is -2.43. The van der Waals surface area contributed by atoms with Gasteiger partial charge < -0.3 is 5.32 Å². The van der Waals surface area contributed by atoms with Gasteiger partial charge >= 0.3 is 0 Å². The Morgan fingerprint density at radius 3 is 2.29 bits per heavy atom. The van der Waals surface area contributed by atoms with E-state index in [1.165, 1.54) is 5.01 Å². The predicted octanol–water partition coefficient (Wildman–Crippen LogP) is 3.36. The predicted molar refractivity (Wildman–Crippen MR) is 117 cm³/mol. The summed E-state index contributed by atoms with van der Waals surface area (Å²) in [5.41, 5.74) is 4.37. The molecule has 2 aromatic carbocycles. The van der Waals surface area contributed by atoms with Gasteiger partial charge in [0.05, 0.1) is 5.69 Å². The van der Waals surface area contributed by atoms with Gasteiger partial charge in [0.15, 0.2) is 12.1 Å². The lowest BCUT2D eigenvalue weighted by Gasteiger charge is -2.20. The Labute approximate surface area is 180 Å². The fourth-order valence-electron chi connectivity index (χ4n) is 4.01. The van der Waals surface area contributed by atoms with Crippen molar-refractivity contribution in [3.05, 3.63) is 59.2 Å². The average Bonchev–Trinajstić information content (AvgIpc) is 3.21. The van der Waals surface area contributed by atoms with Gasteiger partial charge in [0.1, 0.15) is 6.54 Å². The first kappa shape index (κ1) is 20.7. The summed E-state index contributed by atoms with van der Waals surface area (Å²) < 4.78 is 0. The van der Waals surface area contributed by atoms with Crippen LogP contribution < -0.4 is 10.2 Å². The third-order valence-electron chi connectivity index (χ3n) is 5.49. The largest absolute Gasteiger partial charge is 0.324 e. The van der Waals surface area contributed by atoms with Gasteiger partial charge in [-0.3, -0.25) is 19.4 Å². The molecule has 0 unspecified atom stereocenters. The van der Waals surface area contributed by atoms with Crippen LogP contribution in [0, 0.1) is 13.8 Å². The molecule has 8 nitrogen and oxygen atoms in total. The highest BCUT2D eigenvalue weighted by atomic mass is 16.2. The number of anilines is 2. The van der Waals surface area contributed by atoms with Gasteiger partial charge in [-0.1, -0.05) is 37.3 Å². The molecule has 31 heavy (non-hydrogen) atoms. The number of hydrogen-bond acceptors (Lipinski definition) is 6. The molecule has 1 saturated heterocycles. The first-order valence-electron chi connectivity index (χ1n) is 10.3. The van der Waals surface area contributed by atoms with Crippen LogP contribution in [-0.4, -0.2) is 41.4 Å². The molecule has 2 aromatic rings. The van der Waals surface area contributed by atoms with E-state index < -0.39 is 23.9 Å². The van der Waals surface area contributed by atoms with Crippen LogP contribution in [0.5, 0.6) is 0 Å². The Balaban J connectivity index is 1.48. The van der Waals surface area contributed by atoms with E-state index in [1.54, 1.807) is 12.1 Å². The Morgan fingerprint density at radius 2 is 1.68 bits per heavy atom. The minimum absolute atomic E-state index is 0.170. The van der Waals surface area contributed by atoms with Crippen molar-refractivity contribution in [3.63, 3.8) is 0 Å². The maximum absolute atomic E-state index is 13.1. The normalized spacial score (nSPS) is 20.0. The Bertz CT molecular complexity index is 1060. The van der Waals surface area contributed by atoms with E-state index in [1.807, 2.05) is 44.2 Å². The highest BCUT2D eigenvalue weighted by Crippen LogP contribution is 2.32. The molecule has 0 aromatic heterocycles. The molecule has 2 aliphatic rings. The molecular weight excluding hydrogens is 394 g/mol. The molecule has 3 amide bonds. The van der Waals surface area contributed by atoms with Crippen LogP contribution in [0.1, 0.15) is 36.5 Å². The number of carbonyl (C=O) groups is 3. The van der Waals surface area contributed by atoms with Crippen molar-refractivity contribution >= 4 is 29.1 Å². The zero-order chi connectivity index (χ0) is 22.3. The summed E-state index contributed by atoms with van der Waals surface area (Å²) in [6.07, 6.45) is 0. The Hall–Kier alpha value is -3.55. The summed E-state index contributed by atoms with van der Waals surface area (Å²) in [7, 11) is 0. The first-order chi connectivity index (χ1) is 14.7. The molecule has 0 saturated carbocycles. The van der Waals surface area contributed by atoms with Gasteiger partial charge in [0.2, 0.25) is 5.91 Å². The number of nitrogens with one attached hydrogen (secondary N) is 1. The van der Waals surface area contributed by atoms with Crippen molar-refractivity contribution in [2.75, 3.05) is 16.8 Å². The number of rotatable bonds is 5. The van der Waals surface area contributed by atoms with Crippen molar-refractivity contribution < 1.29 is 14.4 Å². The molecule has 160 valence electrons.